The number of carboxylic acid groups (broad SMARTS) is 2. The summed E-state index contributed by atoms with van der Waals surface area (Å²) < 4.78 is 0. The van der Waals surface area contributed by atoms with Crippen LogP contribution in [0, 0.1) is 0 Å². The summed E-state index contributed by atoms with van der Waals surface area (Å²) in [5.74, 6) is -9.37. The van der Waals surface area contributed by atoms with Gasteiger partial charge in [-0.15, -0.1) is 0 Å². The van der Waals surface area contributed by atoms with E-state index in [9.17, 15) is 54.3 Å². The summed E-state index contributed by atoms with van der Waals surface area (Å²) in [4.78, 5) is 75.4. The first-order chi connectivity index (χ1) is 21.5. The van der Waals surface area contributed by atoms with Crippen LogP contribution in [0.5, 0.6) is 23.0 Å². The van der Waals surface area contributed by atoms with Gasteiger partial charge in [0.2, 0.25) is 23.6 Å². The fourth-order valence-corrected chi connectivity index (χ4v) is 4.48. The first-order valence-corrected chi connectivity index (χ1v) is 14.2. The molecule has 2 aromatic carbocycles. The molecule has 2 aromatic rings. The van der Waals surface area contributed by atoms with Crippen molar-refractivity contribution in [3.05, 3.63) is 47.5 Å². The van der Waals surface area contributed by atoms with Gasteiger partial charge in [-0.1, -0.05) is 12.1 Å². The molecule has 0 saturated carbocycles. The molecule has 0 aliphatic rings. The zero-order valence-electron chi connectivity index (χ0n) is 24.2. The van der Waals surface area contributed by atoms with E-state index >= 15 is 0 Å². The lowest BCUT2D eigenvalue weighted by Crippen LogP contribution is -2.59. The number of carboxylic acids is 2. The molecule has 0 radical (unpaired) electrons. The van der Waals surface area contributed by atoms with Gasteiger partial charge in [0.1, 0.15) is 18.6 Å². The molecular weight excluding hydrogens is 630 g/mol. The van der Waals surface area contributed by atoms with Crippen LogP contribution >= 0.6 is 12.6 Å². The molecule has 0 aliphatic carbocycles. The Bertz CT molecular complexity index is 1400. The summed E-state index contributed by atoms with van der Waals surface area (Å²) in [6.45, 7) is -0.729. The number of hydrogen-bond acceptors (Lipinski definition) is 13. The van der Waals surface area contributed by atoms with Crippen molar-refractivity contribution in [1.82, 2.24) is 15.5 Å². The average Bonchev–Trinajstić information content (AvgIpc) is 2.99. The predicted octanol–water partition coefficient (Wildman–Crippen LogP) is -1.85. The van der Waals surface area contributed by atoms with E-state index in [0.717, 1.165) is 24.3 Å². The summed E-state index contributed by atoms with van der Waals surface area (Å²) in [6, 6.07) is 0.742. The molecule has 0 bridgehead atoms. The molecule has 0 heterocycles. The van der Waals surface area contributed by atoms with Crippen molar-refractivity contribution in [2.75, 3.05) is 12.3 Å². The number of aromatic hydroxyl groups is 4. The maximum Gasteiger partial charge on any atom is 0.326 e. The SMILES string of the molecule is N[C@@H](Cc1ccc(O)c(O)c1)C(=O)N(C(=O)[C@@H](N)Cc1ccc(O)c(O)c1)[C@@H](CCC(=O)N[C@@H](CS)C(=O)NCC(=O)O)C(=O)O. The molecule has 0 aromatic heterocycles. The summed E-state index contributed by atoms with van der Waals surface area (Å²) in [6.07, 6.45) is -1.93. The van der Waals surface area contributed by atoms with E-state index < -0.39 is 102 Å². The molecule has 0 unspecified atom stereocenters. The third-order valence-corrected chi connectivity index (χ3v) is 6.95. The maximum atomic E-state index is 13.6. The van der Waals surface area contributed by atoms with E-state index in [-0.39, 0.29) is 29.7 Å². The molecule has 0 spiro atoms. The van der Waals surface area contributed by atoms with Crippen molar-refractivity contribution in [2.45, 2.75) is 49.9 Å². The highest BCUT2D eigenvalue weighted by Gasteiger charge is 2.39. The van der Waals surface area contributed by atoms with Gasteiger partial charge in [-0.25, -0.2) is 4.79 Å². The van der Waals surface area contributed by atoms with Crippen LogP contribution in [0.25, 0.3) is 0 Å². The summed E-state index contributed by atoms with van der Waals surface area (Å²) in [7, 11) is 0. The molecule has 0 fully saturated rings. The van der Waals surface area contributed by atoms with Crippen LogP contribution in [-0.4, -0.2) is 108 Å². The number of nitrogens with zero attached hydrogens (tertiary/aromatic N) is 1. The van der Waals surface area contributed by atoms with Gasteiger partial charge in [-0.3, -0.25) is 28.9 Å². The highest BCUT2D eigenvalue weighted by atomic mass is 32.1. The van der Waals surface area contributed by atoms with Gasteiger partial charge in [-0.2, -0.15) is 12.6 Å². The zero-order chi connectivity index (χ0) is 34.7. The fraction of sp³-hybridized carbons (Fsp3) is 0.357. The highest BCUT2D eigenvalue weighted by molar-refractivity contribution is 7.80. The van der Waals surface area contributed by atoms with Gasteiger partial charge < -0.3 is 52.7 Å². The van der Waals surface area contributed by atoms with Gasteiger partial charge in [-0.05, 0) is 54.7 Å². The Morgan fingerprint density at radius 1 is 0.783 bits per heavy atom. The lowest BCUT2D eigenvalue weighted by Gasteiger charge is -2.31. The van der Waals surface area contributed by atoms with Gasteiger partial charge >= 0.3 is 11.9 Å². The minimum absolute atomic E-state index is 0.244. The monoisotopic (exact) mass is 665 g/mol. The zero-order valence-corrected chi connectivity index (χ0v) is 25.1. The molecule has 4 amide bonds. The van der Waals surface area contributed by atoms with Crippen LogP contribution in [0.3, 0.4) is 0 Å². The standard InChI is InChI=1S/C28H35N5O12S/c29-15(7-13-1-4-19(34)21(36)9-13)26(42)33(27(43)16(30)8-14-2-5-20(35)22(37)10-14)18(28(44)45)3-6-23(38)32-17(12-46)25(41)31-11-24(39)40/h1-2,4-5,9-10,15-18,34-37,46H,3,6-8,11-12,29-30H2,(H,31,41)(H,32,38)(H,39,40)(H,44,45)/t15-,16-,17-,18-/m0/s1. The van der Waals surface area contributed by atoms with Crippen LogP contribution in [-0.2, 0) is 41.6 Å². The van der Waals surface area contributed by atoms with Gasteiger partial charge in [0.15, 0.2) is 23.0 Å². The molecule has 17 nitrogen and oxygen atoms in total. The first-order valence-electron chi connectivity index (χ1n) is 13.6. The third kappa shape index (κ3) is 10.5. The Morgan fingerprint density at radius 2 is 1.26 bits per heavy atom. The Labute approximate surface area is 267 Å². The molecule has 46 heavy (non-hydrogen) atoms. The van der Waals surface area contributed by atoms with Gasteiger partial charge in [0.25, 0.3) is 0 Å². The third-order valence-electron chi connectivity index (χ3n) is 6.59. The minimum Gasteiger partial charge on any atom is -0.504 e. The van der Waals surface area contributed by atoms with Crippen molar-refractivity contribution < 1.29 is 59.4 Å². The van der Waals surface area contributed by atoms with Crippen molar-refractivity contribution in [3.63, 3.8) is 0 Å². The second kappa shape index (κ2) is 16.8. The maximum absolute atomic E-state index is 13.6. The Hall–Kier alpha value is -5.07. The molecule has 0 aliphatic heterocycles. The fourth-order valence-electron chi connectivity index (χ4n) is 4.22. The number of hydrogen-bond donors (Lipinski definition) is 11. The number of nitrogens with two attached hydrogens (primary N) is 2. The quantitative estimate of drug-likeness (QED) is 0.0693. The van der Waals surface area contributed by atoms with E-state index in [1.165, 1.54) is 12.1 Å². The van der Waals surface area contributed by atoms with Crippen molar-refractivity contribution in [3.8, 4) is 23.0 Å². The van der Waals surface area contributed by atoms with Crippen LogP contribution < -0.4 is 22.1 Å². The van der Waals surface area contributed by atoms with Crippen molar-refractivity contribution in [1.29, 1.82) is 0 Å². The lowest BCUT2D eigenvalue weighted by atomic mass is 9.99. The normalized spacial score (nSPS) is 13.5. The van der Waals surface area contributed by atoms with Crippen LogP contribution in [0.2, 0.25) is 0 Å². The summed E-state index contributed by atoms with van der Waals surface area (Å²) in [5, 5.41) is 61.8. The number of carbonyl (C=O) groups excluding carboxylic acids is 4. The topological polar surface area (TPSA) is 303 Å². The molecule has 0 saturated heterocycles. The number of imide groups is 1. The number of nitrogens with one attached hydrogen (secondary N) is 2. The number of carbonyl (C=O) groups is 6. The van der Waals surface area contributed by atoms with Gasteiger partial charge in [0, 0.05) is 12.2 Å². The largest absolute Gasteiger partial charge is 0.504 e. The van der Waals surface area contributed by atoms with E-state index in [4.69, 9.17) is 16.6 Å². The Balaban J connectivity index is 2.34. The molecule has 12 N–H and O–H groups in total. The van der Waals surface area contributed by atoms with E-state index in [1.807, 2.05) is 0 Å². The number of phenols is 4. The number of phenolic OH excluding ortho intramolecular Hbond substituents is 4. The predicted molar refractivity (Wildman–Crippen MR) is 162 cm³/mol. The minimum atomic E-state index is -1.99. The lowest BCUT2D eigenvalue weighted by molar-refractivity contribution is -0.159. The van der Waals surface area contributed by atoms with Crippen LogP contribution in [0.1, 0.15) is 24.0 Å². The second-order valence-corrected chi connectivity index (χ2v) is 10.5. The molecule has 18 heteroatoms. The Kier molecular flexibility index (Phi) is 13.6. The van der Waals surface area contributed by atoms with E-state index in [2.05, 4.69) is 23.3 Å². The summed E-state index contributed by atoms with van der Waals surface area (Å²) >= 11 is 3.95. The van der Waals surface area contributed by atoms with Crippen molar-refractivity contribution >= 4 is 48.2 Å². The van der Waals surface area contributed by atoms with Crippen LogP contribution in [0.4, 0.5) is 0 Å². The number of amides is 4. The number of aliphatic carboxylic acids is 2. The molecule has 250 valence electrons. The van der Waals surface area contributed by atoms with Crippen LogP contribution in [0.15, 0.2) is 36.4 Å². The van der Waals surface area contributed by atoms with E-state index in [1.54, 1.807) is 0 Å². The van der Waals surface area contributed by atoms with E-state index in [0.29, 0.717) is 4.90 Å². The molecule has 4 atom stereocenters. The van der Waals surface area contributed by atoms with Crippen molar-refractivity contribution in [2.24, 2.45) is 11.5 Å². The number of rotatable bonds is 16. The summed E-state index contributed by atoms with van der Waals surface area (Å²) in [5.41, 5.74) is 12.6. The molecule has 2 rings (SSSR count). The second-order valence-electron chi connectivity index (χ2n) is 10.1. The molecular formula is C28H35N5O12S. The average molecular weight is 666 g/mol. The van der Waals surface area contributed by atoms with Gasteiger partial charge in [0.05, 0.1) is 12.1 Å². The highest BCUT2D eigenvalue weighted by Crippen LogP contribution is 2.27. The smallest absolute Gasteiger partial charge is 0.326 e. The Morgan fingerprint density at radius 3 is 1.65 bits per heavy atom. The number of benzene rings is 2. The number of thiol groups is 1. The first kappa shape index (κ1) is 37.1.